The van der Waals surface area contributed by atoms with Crippen LogP contribution in [0.2, 0.25) is 0 Å². The molecule has 0 aromatic carbocycles. The minimum Gasteiger partial charge on any atom is -0.269 e. The Bertz CT molecular complexity index is 365. The van der Waals surface area contributed by atoms with Crippen LogP contribution in [0.15, 0.2) is 12.3 Å². The predicted octanol–water partition coefficient (Wildman–Crippen LogP) is 4.83. The van der Waals surface area contributed by atoms with Gasteiger partial charge in [-0.2, -0.15) is 5.10 Å². The first kappa shape index (κ1) is 14.9. The molecule has 1 saturated carbocycles. The topological polar surface area (TPSA) is 17.8 Å². The van der Waals surface area contributed by atoms with E-state index in [0.717, 1.165) is 31.1 Å². The first-order chi connectivity index (χ1) is 9.28. The summed E-state index contributed by atoms with van der Waals surface area (Å²) in [4.78, 5) is 0. The summed E-state index contributed by atoms with van der Waals surface area (Å²) in [6.45, 7) is 4.46. The van der Waals surface area contributed by atoms with Crippen LogP contribution in [0.3, 0.4) is 0 Å². The molecule has 1 atom stereocenters. The van der Waals surface area contributed by atoms with Crippen molar-refractivity contribution in [2.75, 3.05) is 5.88 Å². The molecule has 1 aromatic rings. The molecule has 1 heterocycles. The van der Waals surface area contributed by atoms with Gasteiger partial charge < -0.3 is 0 Å². The van der Waals surface area contributed by atoms with Gasteiger partial charge in [-0.3, -0.25) is 4.68 Å². The SMILES string of the molecule is CCC(CC)n1ccc(CC(CCl)C2CCCC2)n1. The van der Waals surface area contributed by atoms with E-state index in [1.807, 2.05) is 0 Å². The molecule has 0 amide bonds. The third kappa shape index (κ3) is 3.75. The maximum atomic E-state index is 6.19. The van der Waals surface area contributed by atoms with E-state index in [9.17, 15) is 0 Å². The van der Waals surface area contributed by atoms with Crippen molar-refractivity contribution in [2.24, 2.45) is 11.8 Å². The molecule has 3 heteroatoms. The Morgan fingerprint density at radius 1 is 1.32 bits per heavy atom. The first-order valence-electron chi connectivity index (χ1n) is 7.88. The molecule has 0 aliphatic heterocycles. The monoisotopic (exact) mass is 282 g/mol. The molecule has 1 fully saturated rings. The van der Waals surface area contributed by atoms with Crippen molar-refractivity contribution < 1.29 is 0 Å². The Hall–Kier alpha value is -0.500. The zero-order chi connectivity index (χ0) is 13.7. The molecule has 0 radical (unpaired) electrons. The van der Waals surface area contributed by atoms with Gasteiger partial charge >= 0.3 is 0 Å². The zero-order valence-corrected chi connectivity index (χ0v) is 13.1. The molecule has 19 heavy (non-hydrogen) atoms. The van der Waals surface area contributed by atoms with E-state index in [2.05, 4.69) is 30.8 Å². The van der Waals surface area contributed by atoms with Gasteiger partial charge in [0.15, 0.2) is 0 Å². The third-order valence-corrected chi connectivity index (χ3v) is 5.11. The van der Waals surface area contributed by atoms with Crippen molar-refractivity contribution >= 4 is 11.6 Å². The smallest absolute Gasteiger partial charge is 0.0628 e. The summed E-state index contributed by atoms with van der Waals surface area (Å²) in [5, 5.41) is 4.77. The molecule has 0 bridgehead atoms. The lowest BCUT2D eigenvalue weighted by molar-refractivity contribution is 0.361. The second-order valence-electron chi connectivity index (χ2n) is 5.92. The van der Waals surface area contributed by atoms with Crippen molar-refractivity contribution in [3.63, 3.8) is 0 Å². The second kappa shape index (κ2) is 7.33. The Morgan fingerprint density at radius 3 is 2.58 bits per heavy atom. The quantitative estimate of drug-likeness (QED) is 0.655. The number of hydrogen-bond donors (Lipinski definition) is 0. The van der Waals surface area contributed by atoms with Crippen LogP contribution in [0.1, 0.15) is 64.1 Å². The standard InChI is InChI=1S/C16H27ClN2/c1-3-16(4-2)19-10-9-15(18-19)11-14(12-17)13-7-5-6-8-13/h9-10,13-14,16H,3-8,11-12H2,1-2H3. The molecule has 2 nitrogen and oxygen atoms in total. The number of hydrogen-bond acceptors (Lipinski definition) is 1. The summed E-state index contributed by atoms with van der Waals surface area (Å²) in [6.07, 6.45) is 11.0. The van der Waals surface area contributed by atoms with Crippen LogP contribution in [-0.2, 0) is 6.42 Å². The van der Waals surface area contributed by atoms with Crippen molar-refractivity contribution in [3.05, 3.63) is 18.0 Å². The van der Waals surface area contributed by atoms with Crippen molar-refractivity contribution in [1.82, 2.24) is 9.78 Å². The lowest BCUT2D eigenvalue weighted by Crippen LogP contribution is -2.17. The first-order valence-corrected chi connectivity index (χ1v) is 8.41. The van der Waals surface area contributed by atoms with Gasteiger partial charge in [-0.25, -0.2) is 0 Å². The van der Waals surface area contributed by atoms with E-state index in [-0.39, 0.29) is 0 Å². The second-order valence-corrected chi connectivity index (χ2v) is 6.23. The van der Waals surface area contributed by atoms with Gasteiger partial charge in [0.25, 0.3) is 0 Å². The summed E-state index contributed by atoms with van der Waals surface area (Å²) >= 11 is 6.19. The van der Waals surface area contributed by atoms with Gasteiger partial charge in [-0.15, -0.1) is 11.6 Å². The minimum atomic E-state index is 0.551. The average molecular weight is 283 g/mol. The Balaban J connectivity index is 1.97. The third-order valence-electron chi connectivity index (χ3n) is 4.72. The Morgan fingerprint density at radius 2 is 2.00 bits per heavy atom. The van der Waals surface area contributed by atoms with E-state index < -0.39 is 0 Å². The maximum Gasteiger partial charge on any atom is 0.0628 e. The molecule has 108 valence electrons. The molecule has 2 rings (SSSR count). The van der Waals surface area contributed by atoms with Crippen LogP contribution < -0.4 is 0 Å². The van der Waals surface area contributed by atoms with Crippen LogP contribution >= 0.6 is 11.6 Å². The van der Waals surface area contributed by atoms with Gasteiger partial charge in [0.05, 0.1) is 11.7 Å². The van der Waals surface area contributed by atoms with Gasteiger partial charge in [-0.05, 0) is 37.2 Å². The lowest BCUT2D eigenvalue weighted by atomic mass is 9.89. The van der Waals surface area contributed by atoms with E-state index in [1.165, 1.54) is 31.4 Å². The normalized spacial score (nSPS) is 18.3. The molecule has 1 aromatic heterocycles. The fraction of sp³-hybridized carbons (Fsp3) is 0.812. The van der Waals surface area contributed by atoms with Gasteiger partial charge in [0, 0.05) is 12.1 Å². The van der Waals surface area contributed by atoms with Crippen LogP contribution in [0.4, 0.5) is 0 Å². The summed E-state index contributed by atoms with van der Waals surface area (Å²) in [5.41, 5.74) is 1.23. The number of nitrogens with zero attached hydrogens (tertiary/aromatic N) is 2. The van der Waals surface area contributed by atoms with Crippen molar-refractivity contribution in [2.45, 2.75) is 64.8 Å². The maximum absolute atomic E-state index is 6.19. The molecule has 0 N–H and O–H groups in total. The molecular formula is C16H27ClN2. The van der Waals surface area contributed by atoms with Crippen molar-refractivity contribution in [3.8, 4) is 0 Å². The number of rotatable bonds is 7. The predicted molar refractivity (Wildman–Crippen MR) is 81.7 cm³/mol. The number of halogens is 1. The molecular weight excluding hydrogens is 256 g/mol. The summed E-state index contributed by atoms with van der Waals surface area (Å²) in [5.74, 6) is 2.23. The molecule has 1 aliphatic rings. The molecule has 0 saturated heterocycles. The van der Waals surface area contributed by atoms with E-state index in [1.54, 1.807) is 0 Å². The van der Waals surface area contributed by atoms with E-state index >= 15 is 0 Å². The van der Waals surface area contributed by atoms with Crippen LogP contribution in [0.5, 0.6) is 0 Å². The fourth-order valence-electron chi connectivity index (χ4n) is 3.40. The minimum absolute atomic E-state index is 0.551. The molecule has 1 unspecified atom stereocenters. The summed E-state index contributed by atoms with van der Waals surface area (Å²) in [6, 6.07) is 2.74. The largest absolute Gasteiger partial charge is 0.269 e. The average Bonchev–Trinajstić information content (AvgIpc) is 3.09. The Kier molecular flexibility index (Phi) is 5.75. The van der Waals surface area contributed by atoms with E-state index in [0.29, 0.717) is 12.0 Å². The zero-order valence-electron chi connectivity index (χ0n) is 12.3. The lowest BCUT2D eigenvalue weighted by Gasteiger charge is -2.20. The van der Waals surface area contributed by atoms with Crippen LogP contribution in [-0.4, -0.2) is 15.7 Å². The molecule has 1 aliphatic carbocycles. The highest BCUT2D eigenvalue weighted by atomic mass is 35.5. The van der Waals surface area contributed by atoms with Crippen molar-refractivity contribution in [1.29, 1.82) is 0 Å². The van der Waals surface area contributed by atoms with Gasteiger partial charge in [0.1, 0.15) is 0 Å². The van der Waals surface area contributed by atoms with E-state index in [4.69, 9.17) is 16.7 Å². The summed E-state index contributed by atoms with van der Waals surface area (Å²) < 4.78 is 2.15. The van der Waals surface area contributed by atoms with Crippen LogP contribution in [0.25, 0.3) is 0 Å². The number of alkyl halides is 1. The Labute approximate surface area is 122 Å². The molecule has 0 spiro atoms. The van der Waals surface area contributed by atoms with Crippen LogP contribution in [0, 0.1) is 11.8 Å². The van der Waals surface area contributed by atoms with Gasteiger partial charge in [0.2, 0.25) is 0 Å². The highest BCUT2D eigenvalue weighted by Gasteiger charge is 2.25. The van der Waals surface area contributed by atoms with Gasteiger partial charge in [-0.1, -0.05) is 39.5 Å². The highest BCUT2D eigenvalue weighted by Crippen LogP contribution is 2.33. The fourth-order valence-corrected chi connectivity index (χ4v) is 3.76. The highest BCUT2D eigenvalue weighted by molar-refractivity contribution is 6.18. The summed E-state index contributed by atoms with van der Waals surface area (Å²) in [7, 11) is 0. The number of aromatic nitrogens is 2.